The minimum absolute atomic E-state index is 0.240. The van der Waals surface area contributed by atoms with Crippen LogP contribution in [0.3, 0.4) is 0 Å². The van der Waals surface area contributed by atoms with E-state index >= 15 is 0 Å². The van der Waals surface area contributed by atoms with Gasteiger partial charge in [-0.3, -0.25) is 9.97 Å². The summed E-state index contributed by atoms with van der Waals surface area (Å²) in [6, 6.07) is 10.4. The standard InChI is InChI=1S/C21H21N7/c1-27-8-10-28(11-9-27)16-4-2-14(3-5-16)18-20-19(26-21(22)25-18)17-13-23-7-6-15(17)12-24-20/h2-7,12-13H,8-11H2,1H3,(H2,22,25,26). The van der Waals surface area contributed by atoms with E-state index in [1.807, 2.05) is 12.3 Å². The quantitative estimate of drug-likeness (QED) is 0.542. The molecule has 0 atom stereocenters. The summed E-state index contributed by atoms with van der Waals surface area (Å²) in [5, 5.41) is 1.91. The SMILES string of the molecule is CN1CCN(c2ccc(-c3nc(N)nc4c3ncc3ccncc34)cc2)CC1. The summed E-state index contributed by atoms with van der Waals surface area (Å²) in [5.74, 6) is 0.240. The molecule has 4 aromatic rings. The van der Waals surface area contributed by atoms with Crippen molar-refractivity contribution < 1.29 is 0 Å². The Hall–Kier alpha value is -3.32. The molecule has 1 aromatic carbocycles. The first-order valence-electron chi connectivity index (χ1n) is 9.39. The Bertz CT molecular complexity index is 1150. The molecule has 0 spiro atoms. The Balaban J connectivity index is 1.58. The van der Waals surface area contributed by atoms with Crippen molar-refractivity contribution in [2.24, 2.45) is 0 Å². The predicted molar refractivity (Wildman–Crippen MR) is 112 cm³/mol. The van der Waals surface area contributed by atoms with Crippen molar-refractivity contribution in [1.29, 1.82) is 0 Å². The Morgan fingerprint density at radius 1 is 0.893 bits per heavy atom. The summed E-state index contributed by atoms with van der Waals surface area (Å²) >= 11 is 0. The van der Waals surface area contributed by atoms with Gasteiger partial charge in [-0.1, -0.05) is 12.1 Å². The number of aromatic nitrogens is 4. The van der Waals surface area contributed by atoms with Gasteiger partial charge in [0.25, 0.3) is 0 Å². The second kappa shape index (κ2) is 6.69. The van der Waals surface area contributed by atoms with E-state index in [1.165, 1.54) is 5.69 Å². The van der Waals surface area contributed by atoms with E-state index in [1.54, 1.807) is 12.4 Å². The van der Waals surface area contributed by atoms with E-state index in [4.69, 9.17) is 5.73 Å². The van der Waals surface area contributed by atoms with Crippen LogP contribution in [0.25, 0.3) is 33.1 Å². The third-order valence-electron chi connectivity index (χ3n) is 5.35. The van der Waals surface area contributed by atoms with Crippen molar-refractivity contribution in [2.45, 2.75) is 0 Å². The average Bonchev–Trinajstić information content (AvgIpc) is 2.74. The fourth-order valence-electron chi connectivity index (χ4n) is 3.73. The Morgan fingerprint density at radius 3 is 2.46 bits per heavy atom. The molecule has 0 aliphatic carbocycles. The van der Waals surface area contributed by atoms with Gasteiger partial charge in [0.05, 0.1) is 0 Å². The zero-order chi connectivity index (χ0) is 19.1. The molecule has 3 aromatic heterocycles. The van der Waals surface area contributed by atoms with E-state index in [2.05, 4.69) is 61.0 Å². The van der Waals surface area contributed by atoms with Gasteiger partial charge in [-0.05, 0) is 25.2 Å². The smallest absolute Gasteiger partial charge is 0.221 e. The molecule has 1 saturated heterocycles. The molecule has 0 bridgehead atoms. The maximum atomic E-state index is 6.03. The van der Waals surface area contributed by atoms with Gasteiger partial charge in [0, 0.05) is 66.8 Å². The number of anilines is 2. The zero-order valence-corrected chi connectivity index (χ0v) is 15.7. The first-order valence-corrected chi connectivity index (χ1v) is 9.39. The van der Waals surface area contributed by atoms with Crippen molar-refractivity contribution in [1.82, 2.24) is 24.8 Å². The molecule has 0 radical (unpaired) electrons. The van der Waals surface area contributed by atoms with Crippen LogP contribution in [0.2, 0.25) is 0 Å². The number of hydrogen-bond acceptors (Lipinski definition) is 7. The monoisotopic (exact) mass is 371 g/mol. The molecule has 0 amide bonds. The predicted octanol–water partition coefficient (Wildman–Crippen LogP) is 2.57. The molecule has 1 aliphatic rings. The highest BCUT2D eigenvalue weighted by atomic mass is 15.2. The van der Waals surface area contributed by atoms with Gasteiger partial charge in [0.1, 0.15) is 16.7 Å². The third-order valence-corrected chi connectivity index (χ3v) is 5.35. The fraction of sp³-hybridized carbons (Fsp3) is 0.238. The molecule has 0 saturated carbocycles. The second-order valence-electron chi connectivity index (χ2n) is 7.19. The highest BCUT2D eigenvalue weighted by Crippen LogP contribution is 2.30. The Morgan fingerprint density at radius 2 is 1.68 bits per heavy atom. The highest BCUT2D eigenvalue weighted by molar-refractivity contribution is 6.06. The molecule has 2 N–H and O–H groups in total. The van der Waals surface area contributed by atoms with E-state index < -0.39 is 0 Å². The lowest BCUT2D eigenvalue weighted by Crippen LogP contribution is -2.44. The third kappa shape index (κ3) is 2.90. The molecule has 1 fully saturated rings. The van der Waals surface area contributed by atoms with Crippen LogP contribution < -0.4 is 10.6 Å². The number of piperazine rings is 1. The van der Waals surface area contributed by atoms with Crippen molar-refractivity contribution in [3.05, 3.63) is 48.9 Å². The number of likely N-dealkylation sites (N-methyl/N-ethyl adjacent to an activating group) is 1. The second-order valence-corrected chi connectivity index (χ2v) is 7.19. The number of rotatable bonds is 2. The van der Waals surface area contributed by atoms with E-state index in [0.29, 0.717) is 0 Å². The Kier molecular flexibility index (Phi) is 4.02. The molecule has 4 heterocycles. The first-order chi connectivity index (χ1) is 13.7. The number of hydrogen-bond donors (Lipinski definition) is 1. The number of pyridine rings is 2. The van der Waals surface area contributed by atoms with E-state index in [0.717, 1.165) is 59.2 Å². The number of nitrogen functional groups attached to an aromatic ring is 1. The summed E-state index contributed by atoms with van der Waals surface area (Å²) in [7, 11) is 2.16. The van der Waals surface area contributed by atoms with Crippen LogP contribution in [0.1, 0.15) is 0 Å². The van der Waals surface area contributed by atoms with Crippen LogP contribution in [0.5, 0.6) is 0 Å². The molecular weight excluding hydrogens is 350 g/mol. The number of nitrogens with two attached hydrogens (primary N) is 1. The lowest BCUT2D eigenvalue weighted by Gasteiger charge is -2.34. The van der Waals surface area contributed by atoms with Crippen LogP contribution in [0.4, 0.5) is 11.6 Å². The number of fused-ring (bicyclic) bond motifs is 3. The summed E-state index contributed by atoms with van der Waals surface area (Å²) < 4.78 is 0. The number of benzene rings is 1. The van der Waals surface area contributed by atoms with Gasteiger partial charge < -0.3 is 15.5 Å². The minimum Gasteiger partial charge on any atom is -0.369 e. The first kappa shape index (κ1) is 16.8. The Labute approximate surface area is 162 Å². The number of nitrogens with zero attached hydrogens (tertiary/aromatic N) is 6. The molecular formula is C21H21N7. The molecule has 5 rings (SSSR count). The largest absolute Gasteiger partial charge is 0.369 e. The average molecular weight is 371 g/mol. The summed E-state index contributed by atoms with van der Waals surface area (Å²) in [6.45, 7) is 4.25. The van der Waals surface area contributed by atoms with Crippen LogP contribution in [-0.2, 0) is 0 Å². The van der Waals surface area contributed by atoms with Crippen LogP contribution in [-0.4, -0.2) is 58.1 Å². The zero-order valence-electron chi connectivity index (χ0n) is 15.7. The molecule has 7 nitrogen and oxygen atoms in total. The van der Waals surface area contributed by atoms with Crippen molar-refractivity contribution in [3.8, 4) is 11.3 Å². The maximum Gasteiger partial charge on any atom is 0.221 e. The topological polar surface area (TPSA) is 84.1 Å². The minimum atomic E-state index is 0.240. The summed E-state index contributed by atoms with van der Waals surface area (Å²) in [5.41, 5.74) is 10.5. The van der Waals surface area contributed by atoms with Gasteiger partial charge in [-0.2, -0.15) is 0 Å². The lowest BCUT2D eigenvalue weighted by atomic mass is 10.1. The maximum absolute atomic E-state index is 6.03. The molecule has 1 aliphatic heterocycles. The van der Waals surface area contributed by atoms with Crippen molar-refractivity contribution in [2.75, 3.05) is 43.9 Å². The van der Waals surface area contributed by atoms with Gasteiger partial charge in [-0.15, -0.1) is 0 Å². The summed E-state index contributed by atoms with van der Waals surface area (Å²) in [6.07, 6.45) is 5.38. The fourth-order valence-corrected chi connectivity index (χ4v) is 3.73. The molecule has 7 heteroatoms. The van der Waals surface area contributed by atoms with Crippen LogP contribution in [0, 0.1) is 0 Å². The van der Waals surface area contributed by atoms with Crippen molar-refractivity contribution in [3.63, 3.8) is 0 Å². The summed E-state index contributed by atoms with van der Waals surface area (Å²) in [4.78, 5) is 22.5. The normalized spacial score (nSPS) is 15.4. The highest BCUT2D eigenvalue weighted by Gasteiger charge is 2.16. The molecule has 28 heavy (non-hydrogen) atoms. The van der Waals surface area contributed by atoms with E-state index in [-0.39, 0.29) is 5.95 Å². The van der Waals surface area contributed by atoms with Crippen molar-refractivity contribution >= 4 is 33.4 Å². The van der Waals surface area contributed by atoms with E-state index in [9.17, 15) is 0 Å². The molecule has 0 unspecified atom stereocenters. The van der Waals surface area contributed by atoms with Crippen LogP contribution >= 0.6 is 0 Å². The molecule has 140 valence electrons. The van der Waals surface area contributed by atoms with Gasteiger partial charge in [-0.25, -0.2) is 9.97 Å². The van der Waals surface area contributed by atoms with Gasteiger partial charge >= 0.3 is 0 Å². The van der Waals surface area contributed by atoms with Gasteiger partial charge in [0.15, 0.2) is 0 Å². The van der Waals surface area contributed by atoms with Gasteiger partial charge in [0.2, 0.25) is 5.95 Å². The lowest BCUT2D eigenvalue weighted by molar-refractivity contribution is 0.313. The van der Waals surface area contributed by atoms with Crippen LogP contribution in [0.15, 0.2) is 48.9 Å².